The molecule has 2 aromatic carbocycles. The van der Waals surface area contributed by atoms with Gasteiger partial charge in [0.1, 0.15) is 5.78 Å². The third kappa shape index (κ3) is 4.52. The second-order valence-corrected chi connectivity index (χ2v) is 7.95. The molecule has 3 rings (SSSR count). The monoisotopic (exact) mass is 435 g/mol. The van der Waals surface area contributed by atoms with Crippen LogP contribution in [0.15, 0.2) is 57.5 Å². The van der Waals surface area contributed by atoms with E-state index in [1.54, 1.807) is 0 Å². The van der Waals surface area contributed by atoms with Crippen molar-refractivity contribution in [2.45, 2.75) is 12.8 Å². The van der Waals surface area contributed by atoms with Crippen LogP contribution in [0, 0.1) is 11.8 Å². The Kier molecular flexibility index (Phi) is 5.67. The molecule has 120 valence electrons. The van der Waals surface area contributed by atoms with Crippen molar-refractivity contribution in [2.75, 3.05) is 13.1 Å². The molecule has 1 fully saturated rings. The molecule has 1 aliphatic heterocycles. The van der Waals surface area contributed by atoms with Crippen LogP contribution in [0.2, 0.25) is 0 Å². The predicted octanol–water partition coefficient (Wildman–Crippen LogP) is 4.40. The van der Waals surface area contributed by atoms with Crippen LogP contribution >= 0.6 is 31.9 Å². The molecule has 1 saturated heterocycles. The van der Waals surface area contributed by atoms with E-state index in [0.717, 1.165) is 34.9 Å². The number of halogens is 2. The van der Waals surface area contributed by atoms with E-state index >= 15 is 0 Å². The van der Waals surface area contributed by atoms with Crippen LogP contribution in [0.5, 0.6) is 0 Å². The molecule has 23 heavy (non-hydrogen) atoms. The summed E-state index contributed by atoms with van der Waals surface area (Å²) in [7, 11) is 0. The maximum Gasteiger partial charge on any atom is 0.142 e. The first kappa shape index (κ1) is 16.9. The molecular formula is C19H19Br2NO. The van der Waals surface area contributed by atoms with Gasteiger partial charge in [-0.05, 0) is 48.2 Å². The highest BCUT2D eigenvalue weighted by Gasteiger charge is 2.30. The zero-order chi connectivity index (χ0) is 16.2. The highest BCUT2D eigenvalue weighted by atomic mass is 79.9. The van der Waals surface area contributed by atoms with Gasteiger partial charge in [-0.3, -0.25) is 4.79 Å². The van der Waals surface area contributed by atoms with Gasteiger partial charge in [-0.1, -0.05) is 56.1 Å². The van der Waals surface area contributed by atoms with Gasteiger partial charge in [0.05, 0.1) is 0 Å². The maximum atomic E-state index is 12.8. The fourth-order valence-electron chi connectivity index (χ4n) is 3.12. The number of carbonyl (C=O) groups excluding carboxylic acids is 1. The smallest absolute Gasteiger partial charge is 0.142 e. The highest BCUT2D eigenvalue weighted by Crippen LogP contribution is 2.22. The Balaban J connectivity index is 1.65. The summed E-state index contributed by atoms with van der Waals surface area (Å²) in [6.45, 7) is 1.57. The van der Waals surface area contributed by atoms with Crippen LogP contribution < -0.4 is 5.32 Å². The van der Waals surface area contributed by atoms with Gasteiger partial charge in [0.15, 0.2) is 0 Å². The Labute approximate surface area is 153 Å². The number of nitrogens with one attached hydrogen (secondary N) is 1. The molecular weight excluding hydrogens is 418 g/mol. The van der Waals surface area contributed by atoms with Gasteiger partial charge < -0.3 is 5.32 Å². The van der Waals surface area contributed by atoms with Crippen LogP contribution in [0.3, 0.4) is 0 Å². The van der Waals surface area contributed by atoms with Crippen LogP contribution in [0.4, 0.5) is 0 Å². The van der Waals surface area contributed by atoms with E-state index in [2.05, 4.69) is 61.4 Å². The minimum atomic E-state index is 0.0744. The molecule has 1 aliphatic rings. The van der Waals surface area contributed by atoms with Crippen LogP contribution in [0.1, 0.15) is 11.1 Å². The van der Waals surface area contributed by atoms with Gasteiger partial charge in [0, 0.05) is 33.9 Å². The summed E-state index contributed by atoms with van der Waals surface area (Å²) in [5, 5.41) is 3.44. The zero-order valence-corrected chi connectivity index (χ0v) is 15.9. The second-order valence-electron chi connectivity index (χ2n) is 6.12. The molecule has 0 amide bonds. The Morgan fingerprint density at radius 1 is 0.783 bits per heavy atom. The van der Waals surface area contributed by atoms with Gasteiger partial charge >= 0.3 is 0 Å². The van der Waals surface area contributed by atoms with E-state index in [0.29, 0.717) is 5.78 Å². The summed E-state index contributed by atoms with van der Waals surface area (Å²) < 4.78 is 2.14. The molecule has 0 saturated carbocycles. The summed E-state index contributed by atoms with van der Waals surface area (Å²) in [4.78, 5) is 12.8. The van der Waals surface area contributed by atoms with Crippen molar-refractivity contribution < 1.29 is 4.79 Å². The summed E-state index contributed by atoms with van der Waals surface area (Å²) in [5.41, 5.74) is 2.44. The number of hydrogen-bond acceptors (Lipinski definition) is 2. The summed E-state index contributed by atoms with van der Waals surface area (Å²) in [5.74, 6) is 0.547. The molecule has 2 nitrogen and oxygen atoms in total. The fourth-order valence-corrected chi connectivity index (χ4v) is 3.65. The number of rotatable bonds is 4. The lowest BCUT2D eigenvalue weighted by molar-refractivity contribution is -0.128. The Morgan fingerprint density at radius 3 is 1.57 bits per heavy atom. The molecule has 2 aromatic rings. The van der Waals surface area contributed by atoms with E-state index < -0.39 is 0 Å². The molecule has 2 unspecified atom stereocenters. The van der Waals surface area contributed by atoms with Crippen molar-refractivity contribution in [1.82, 2.24) is 5.32 Å². The minimum Gasteiger partial charge on any atom is -0.315 e. The van der Waals surface area contributed by atoms with Crippen molar-refractivity contribution in [3.63, 3.8) is 0 Å². The average molecular weight is 437 g/mol. The largest absolute Gasteiger partial charge is 0.315 e. The lowest BCUT2D eigenvalue weighted by Gasteiger charge is -2.29. The maximum absolute atomic E-state index is 12.8. The fraction of sp³-hybridized carbons (Fsp3) is 0.316. The van der Waals surface area contributed by atoms with E-state index in [4.69, 9.17) is 0 Å². The number of Topliss-reactive ketones (excluding diaryl/α,β-unsaturated/α-hetero) is 1. The number of carbonyl (C=O) groups is 1. The standard InChI is InChI=1S/C19H19Br2NO/c20-17-5-1-13(2-6-17)9-15-11-22-12-16(19(15)23)10-14-3-7-18(21)8-4-14/h1-8,15-16,22H,9-12H2. The molecule has 0 aliphatic carbocycles. The van der Waals surface area contributed by atoms with Crippen molar-refractivity contribution in [2.24, 2.45) is 11.8 Å². The molecule has 4 heteroatoms. The van der Waals surface area contributed by atoms with Crippen molar-refractivity contribution in [1.29, 1.82) is 0 Å². The van der Waals surface area contributed by atoms with E-state index in [-0.39, 0.29) is 11.8 Å². The molecule has 0 aromatic heterocycles. The van der Waals surface area contributed by atoms with E-state index in [1.165, 1.54) is 11.1 Å². The average Bonchev–Trinajstić information content (AvgIpc) is 2.55. The quantitative estimate of drug-likeness (QED) is 0.769. The number of hydrogen-bond donors (Lipinski definition) is 1. The summed E-state index contributed by atoms with van der Waals surface area (Å²) in [6.07, 6.45) is 1.63. The minimum absolute atomic E-state index is 0.0744. The lowest BCUT2D eigenvalue weighted by atomic mass is 9.82. The first-order chi connectivity index (χ1) is 11.1. The Morgan fingerprint density at radius 2 is 1.17 bits per heavy atom. The zero-order valence-electron chi connectivity index (χ0n) is 12.8. The number of benzene rings is 2. The lowest BCUT2D eigenvalue weighted by Crippen LogP contribution is -2.45. The molecule has 0 spiro atoms. The van der Waals surface area contributed by atoms with Gasteiger partial charge in [0.2, 0.25) is 0 Å². The van der Waals surface area contributed by atoms with Crippen molar-refractivity contribution >= 4 is 37.6 Å². The van der Waals surface area contributed by atoms with Gasteiger partial charge in [0.25, 0.3) is 0 Å². The van der Waals surface area contributed by atoms with Gasteiger partial charge in [-0.25, -0.2) is 0 Å². The third-order valence-electron chi connectivity index (χ3n) is 4.38. The van der Waals surface area contributed by atoms with Gasteiger partial charge in [-0.15, -0.1) is 0 Å². The predicted molar refractivity (Wildman–Crippen MR) is 101 cm³/mol. The summed E-state index contributed by atoms with van der Waals surface area (Å²) in [6, 6.07) is 16.5. The van der Waals surface area contributed by atoms with E-state index in [9.17, 15) is 4.79 Å². The summed E-state index contributed by atoms with van der Waals surface area (Å²) >= 11 is 6.90. The van der Waals surface area contributed by atoms with Crippen LogP contribution in [-0.4, -0.2) is 18.9 Å². The second kappa shape index (κ2) is 7.73. The molecule has 0 bridgehead atoms. The van der Waals surface area contributed by atoms with E-state index in [1.807, 2.05) is 24.3 Å². The first-order valence-electron chi connectivity index (χ1n) is 7.85. The molecule has 0 radical (unpaired) electrons. The Hall–Kier alpha value is -0.970. The van der Waals surface area contributed by atoms with Crippen molar-refractivity contribution in [3.8, 4) is 0 Å². The Bertz CT molecular complexity index is 609. The number of piperidine rings is 1. The third-order valence-corrected chi connectivity index (χ3v) is 5.43. The normalized spacial score (nSPS) is 21.4. The molecule has 2 atom stereocenters. The number of ketones is 1. The van der Waals surface area contributed by atoms with Crippen LogP contribution in [-0.2, 0) is 17.6 Å². The molecule has 1 heterocycles. The topological polar surface area (TPSA) is 29.1 Å². The first-order valence-corrected chi connectivity index (χ1v) is 9.44. The van der Waals surface area contributed by atoms with Crippen LogP contribution in [0.25, 0.3) is 0 Å². The van der Waals surface area contributed by atoms with Gasteiger partial charge in [-0.2, -0.15) is 0 Å². The SMILES string of the molecule is O=C1C(Cc2ccc(Br)cc2)CNCC1Cc1ccc(Br)cc1. The van der Waals surface area contributed by atoms with Crippen molar-refractivity contribution in [3.05, 3.63) is 68.6 Å². The highest BCUT2D eigenvalue weighted by molar-refractivity contribution is 9.10. The molecule has 1 N–H and O–H groups in total.